The van der Waals surface area contributed by atoms with Crippen LogP contribution in [0.4, 0.5) is 5.69 Å². The maximum atomic E-state index is 4.61. The molecule has 0 amide bonds. The Morgan fingerprint density at radius 1 is 0.792 bits per heavy atom. The monoisotopic (exact) mass is 310 g/mol. The second-order valence-electron chi connectivity index (χ2n) is 5.93. The number of nitrogens with zero attached hydrogens (tertiary/aromatic N) is 2. The SMILES string of the molecule is Cc1cccc(N=Cc2cccn2-c2ccc3ccccc3c2)c1. The Morgan fingerprint density at radius 3 is 2.54 bits per heavy atom. The summed E-state index contributed by atoms with van der Waals surface area (Å²) in [6, 6.07) is 27.3. The van der Waals surface area contributed by atoms with Gasteiger partial charge in [-0.2, -0.15) is 0 Å². The molecule has 0 fully saturated rings. The predicted octanol–water partition coefficient (Wildman–Crippen LogP) is 5.69. The van der Waals surface area contributed by atoms with Gasteiger partial charge in [0.1, 0.15) is 0 Å². The molecule has 0 aliphatic heterocycles. The van der Waals surface area contributed by atoms with Gasteiger partial charge in [-0.3, -0.25) is 4.99 Å². The molecule has 0 unspecified atom stereocenters. The van der Waals surface area contributed by atoms with Crippen LogP contribution in [0.25, 0.3) is 16.5 Å². The molecule has 0 bridgehead atoms. The van der Waals surface area contributed by atoms with Crippen LogP contribution in [0.15, 0.2) is 90.1 Å². The summed E-state index contributed by atoms with van der Waals surface area (Å²) >= 11 is 0. The van der Waals surface area contributed by atoms with Crippen molar-refractivity contribution in [1.29, 1.82) is 0 Å². The first-order valence-corrected chi connectivity index (χ1v) is 8.07. The maximum absolute atomic E-state index is 4.61. The summed E-state index contributed by atoms with van der Waals surface area (Å²) in [4.78, 5) is 4.61. The summed E-state index contributed by atoms with van der Waals surface area (Å²) in [5.74, 6) is 0. The molecule has 0 N–H and O–H groups in total. The van der Waals surface area contributed by atoms with Crippen molar-refractivity contribution in [2.45, 2.75) is 6.92 Å². The molecule has 0 aliphatic carbocycles. The van der Waals surface area contributed by atoms with Crippen molar-refractivity contribution < 1.29 is 0 Å². The normalized spacial score (nSPS) is 11.4. The van der Waals surface area contributed by atoms with E-state index in [0.717, 1.165) is 17.1 Å². The molecule has 3 aromatic carbocycles. The van der Waals surface area contributed by atoms with E-state index in [1.165, 1.54) is 16.3 Å². The molecule has 4 rings (SSSR count). The lowest BCUT2D eigenvalue weighted by Crippen LogP contribution is -1.97. The molecule has 0 atom stereocenters. The van der Waals surface area contributed by atoms with Gasteiger partial charge < -0.3 is 4.57 Å². The fourth-order valence-corrected chi connectivity index (χ4v) is 2.91. The quantitative estimate of drug-likeness (QED) is 0.433. The van der Waals surface area contributed by atoms with E-state index in [-0.39, 0.29) is 0 Å². The zero-order valence-electron chi connectivity index (χ0n) is 13.6. The summed E-state index contributed by atoms with van der Waals surface area (Å²) in [5.41, 5.74) is 4.40. The molecular weight excluding hydrogens is 292 g/mol. The Kier molecular flexibility index (Phi) is 3.72. The molecule has 1 aromatic heterocycles. The maximum Gasteiger partial charge on any atom is 0.0639 e. The number of hydrogen-bond acceptors (Lipinski definition) is 1. The summed E-state index contributed by atoms with van der Waals surface area (Å²) in [5, 5.41) is 2.49. The predicted molar refractivity (Wildman–Crippen MR) is 102 cm³/mol. The Hall–Kier alpha value is -3.13. The third-order valence-electron chi connectivity index (χ3n) is 4.14. The molecule has 24 heavy (non-hydrogen) atoms. The zero-order valence-corrected chi connectivity index (χ0v) is 13.6. The highest BCUT2D eigenvalue weighted by molar-refractivity contribution is 5.86. The summed E-state index contributed by atoms with van der Waals surface area (Å²) < 4.78 is 2.16. The molecule has 4 aromatic rings. The first-order valence-electron chi connectivity index (χ1n) is 8.07. The van der Waals surface area contributed by atoms with Crippen LogP contribution in [0, 0.1) is 6.92 Å². The van der Waals surface area contributed by atoms with E-state index >= 15 is 0 Å². The van der Waals surface area contributed by atoms with E-state index in [4.69, 9.17) is 0 Å². The number of hydrogen-bond donors (Lipinski definition) is 0. The van der Waals surface area contributed by atoms with E-state index in [1.54, 1.807) is 0 Å². The van der Waals surface area contributed by atoms with Crippen LogP contribution in [-0.2, 0) is 0 Å². The topological polar surface area (TPSA) is 17.3 Å². The van der Waals surface area contributed by atoms with Crippen molar-refractivity contribution in [3.05, 3.63) is 96.3 Å². The minimum Gasteiger partial charge on any atom is -0.316 e. The van der Waals surface area contributed by atoms with E-state index in [0.29, 0.717) is 0 Å². The van der Waals surface area contributed by atoms with Crippen LogP contribution in [0.5, 0.6) is 0 Å². The summed E-state index contributed by atoms with van der Waals surface area (Å²) in [6.07, 6.45) is 3.99. The smallest absolute Gasteiger partial charge is 0.0639 e. The minimum absolute atomic E-state index is 0.973. The second-order valence-corrected chi connectivity index (χ2v) is 5.93. The van der Waals surface area contributed by atoms with Gasteiger partial charge in [0.25, 0.3) is 0 Å². The summed E-state index contributed by atoms with van der Waals surface area (Å²) in [7, 11) is 0. The van der Waals surface area contributed by atoms with Gasteiger partial charge >= 0.3 is 0 Å². The Labute approximate surface area is 141 Å². The Bertz CT molecular complexity index is 1020. The van der Waals surface area contributed by atoms with Crippen molar-refractivity contribution in [3.8, 4) is 5.69 Å². The van der Waals surface area contributed by atoms with Gasteiger partial charge in [-0.25, -0.2) is 0 Å². The number of aliphatic imine (C=N–C) groups is 1. The van der Waals surface area contributed by atoms with E-state index in [2.05, 4.69) is 83.3 Å². The third-order valence-corrected chi connectivity index (χ3v) is 4.14. The van der Waals surface area contributed by atoms with Crippen molar-refractivity contribution in [1.82, 2.24) is 4.57 Å². The highest BCUT2D eigenvalue weighted by Crippen LogP contribution is 2.20. The molecule has 0 radical (unpaired) electrons. The minimum atomic E-state index is 0.973. The number of aryl methyl sites for hydroxylation is 1. The van der Waals surface area contributed by atoms with E-state index in [9.17, 15) is 0 Å². The van der Waals surface area contributed by atoms with Crippen molar-refractivity contribution >= 4 is 22.7 Å². The van der Waals surface area contributed by atoms with Gasteiger partial charge in [-0.15, -0.1) is 0 Å². The van der Waals surface area contributed by atoms with Gasteiger partial charge in [0.15, 0.2) is 0 Å². The van der Waals surface area contributed by atoms with Gasteiger partial charge in [0.05, 0.1) is 17.6 Å². The van der Waals surface area contributed by atoms with Crippen LogP contribution in [0.2, 0.25) is 0 Å². The second kappa shape index (κ2) is 6.17. The van der Waals surface area contributed by atoms with Gasteiger partial charge in [0, 0.05) is 11.9 Å². The van der Waals surface area contributed by atoms with E-state index in [1.807, 2.05) is 24.4 Å². The van der Waals surface area contributed by atoms with Gasteiger partial charge in [-0.1, -0.05) is 42.5 Å². The average molecular weight is 310 g/mol. The highest BCUT2D eigenvalue weighted by atomic mass is 15.0. The van der Waals surface area contributed by atoms with Crippen LogP contribution < -0.4 is 0 Å². The van der Waals surface area contributed by atoms with Crippen LogP contribution >= 0.6 is 0 Å². The number of fused-ring (bicyclic) bond motifs is 1. The van der Waals surface area contributed by atoms with Crippen LogP contribution in [0.1, 0.15) is 11.3 Å². The highest BCUT2D eigenvalue weighted by Gasteiger charge is 2.02. The van der Waals surface area contributed by atoms with E-state index < -0.39 is 0 Å². The van der Waals surface area contributed by atoms with Gasteiger partial charge in [0.2, 0.25) is 0 Å². The number of benzene rings is 3. The Balaban J connectivity index is 1.71. The average Bonchev–Trinajstić information content (AvgIpc) is 3.08. The molecule has 0 aliphatic rings. The zero-order chi connectivity index (χ0) is 16.4. The number of rotatable bonds is 3. The Morgan fingerprint density at radius 2 is 1.67 bits per heavy atom. The van der Waals surface area contributed by atoms with Crippen LogP contribution in [0.3, 0.4) is 0 Å². The fourth-order valence-electron chi connectivity index (χ4n) is 2.91. The lowest BCUT2D eigenvalue weighted by molar-refractivity contribution is 1.07. The molecule has 0 saturated heterocycles. The molecule has 2 nitrogen and oxygen atoms in total. The first-order chi connectivity index (χ1) is 11.8. The standard InChI is InChI=1S/C22H18N2/c1-17-6-4-9-20(14-17)23-16-22-10-5-13-24(22)21-12-11-18-7-2-3-8-19(18)15-21/h2-16H,1H3. The third kappa shape index (κ3) is 2.86. The number of aromatic nitrogens is 1. The molecule has 1 heterocycles. The lowest BCUT2D eigenvalue weighted by atomic mass is 10.1. The molecular formula is C22H18N2. The fraction of sp³-hybridized carbons (Fsp3) is 0.0455. The molecule has 0 saturated carbocycles. The van der Waals surface area contributed by atoms with Crippen LogP contribution in [-0.4, -0.2) is 10.8 Å². The van der Waals surface area contributed by atoms with Gasteiger partial charge in [-0.05, 0) is 59.7 Å². The van der Waals surface area contributed by atoms with Crippen molar-refractivity contribution in [2.24, 2.45) is 4.99 Å². The molecule has 0 spiro atoms. The molecule has 116 valence electrons. The van der Waals surface area contributed by atoms with Crippen molar-refractivity contribution in [3.63, 3.8) is 0 Å². The first kappa shape index (κ1) is 14.5. The van der Waals surface area contributed by atoms with Crippen molar-refractivity contribution in [2.75, 3.05) is 0 Å². The lowest BCUT2D eigenvalue weighted by Gasteiger charge is -2.08. The largest absolute Gasteiger partial charge is 0.316 e. The summed E-state index contributed by atoms with van der Waals surface area (Å²) in [6.45, 7) is 2.08. The molecule has 2 heteroatoms.